The fraction of sp³-hybridized carbons (Fsp3) is 0.381. The Balaban J connectivity index is 1.83. The van der Waals surface area contributed by atoms with E-state index in [1.54, 1.807) is 26.2 Å². The minimum atomic E-state index is -3.10. The van der Waals surface area contributed by atoms with Gasteiger partial charge in [-0.1, -0.05) is 35.9 Å². The summed E-state index contributed by atoms with van der Waals surface area (Å²) >= 11 is 5.95. The number of nitrogens with one attached hydrogen (secondary N) is 1. The Hall–Kier alpha value is -2.18. The van der Waals surface area contributed by atoms with Gasteiger partial charge in [-0.3, -0.25) is 4.79 Å². The predicted molar refractivity (Wildman–Crippen MR) is 107 cm³/mol. The van der Waals surface area contributed by atoms with Crippen molar-refractivity contribution in [2.75, 3.05) is 33.8 Å². The lowest BCUT2D eigenvalue weighted by Gasteiger charge is -2.19. The van der Waals surface area contributed by atoms with Gasteiger partial charge >= 0.3 is 0 Å². The van der Waals surface area contributed by atoms with E-state index >= 15 is 0 Å². The minimum absolute atomic E-state index is 0.137. The molecule has 0 atom stereocenters. The highest BCUT2D eigenvalue weighted by Crippen LogP contribution is 2.29. The molecule has 0 spiro atoms. The van der Waals surface area contributed by atoms with Crippen LogP contribution in [0, 0.1) is 0 Å². The van der Waals surface area contributed by atoms with Gasteiger partial charge in [0.05, 0.1) is 19.7 Å². The number of hydrogen-bond acceptors (Lipinski definition) is 3. The molecule has 0 aliphatic carbocycles. The Morgan fingerprint density at radius 3 is 2.64 bits per heavy atom. The normalized spacial score (nSPS) is 11.3. The lowest BCUT2D eigenvalue weighted by Crippen LogP contribution is -2.38. The molecule has 0 bridgehead atoms. The smallest absolute Gasteiger partial charge is 0.285 e. The largest absolute Gasteiger partial charge is 0.494 e. The van der Waals surface area contributed by atoms with E-state index in [1.807, 2.05) is 24.3 Å². The number of halogens is 3. The van der Waals surface area contributed by atoms with E-state index in [4.69, 9.17) is 16.3 Å². The number of carbonyl (C=O) groups is 1. The lowest BCUT2D eigenvalue weighted by atomic mass is 10.1. The second-order valence-electron chi connectivity index (χ2n) is 6.71. The maximum absolute atomic E-state index is 14.4. The molecule has 2 aromatic rings. The number of carbonyl (C=O) groups excluding carboxylic acids is 1. The van der Waals surface area contributed by atoms with Gasteiger partial charge in [0.25, 0.3) is 5.92 Å². The maximum atomic E-state index is 14.4. The van der Waals surface area contributed by atoms with Crippen molar-refractivity contribution in [1.29, 1.82) is 0 Å². The van der Waals surface area contributed by atoms with Gasteiger partial charge in [0.2, 0.25) is 5.91 Å². The van der Waals surface area contributed by atoms with Crippen LogP contribution in [0.1, 0.15) is 17.5 Å². The van der Waals surface area contributed by atoms with Crippen molar-refractivity contribution in [3.8, 4) is 5.75 Å². The molecule has 0 aromatic heterocycles. The van der Waals surface area contributed by atoms with Crippen LogP contribution in [0.25, 0.3) is 0 Å². The van der Waals surface area contributed by atoms with Gasteiger partial charge in [0, 0.05) is 24.7 Å². The maximum Gasteiger partial charge on any atom is 0.285 e. The third kappa shape index (κ3) is 7.09. The van der Waals surface area contributed by atoms with E-state index in [2.05, 4.69) is 5.32 Å². The zero-order valence-electron chi connectivity index (χ0n) is 16.1. The zero-order valence-corrected chi connectivity index (χ0v) is 16.8. The Morgan fingerprint density at radius 2 is 1.93 bits per heavy atom. The van der Waals surface area contributed by atoms with Gasteiger partial charge in [-0.25, -0.2) is 0 Å². The molecular formula is C21H25ClF2N2O2. The van der Waals surface area contributed by atoms with Gasteiger partial charge in [-0.05, 0) is 42.7 Å². The summed E-state index contributed by atoms with van der Waals surface area (Å²) in [4.78, 5) is 12.8. The summed E-state index contributed by atoms with van der Waals surface area (Å²) in [6.07, 6.45) is 1.54. The first-order valence-electron chi connectivity index (χ1n) is 9.04. The Kier molecular flexibility index (Phi) is 8.20. The van der Waals surface area contributed by atoms with Crippen molar-refractivity contribution in [2.45, 2.75) is 18.8 Å². The Bertz CT molecular complexity index is 785. The SMILES string of the molecule is CN(C)C(=O)CNCC(F)(F)c1cccc(OCCCc2cccc(Cl)c2)c1. The molecule has 0 aliphatic heterocycles. The second kappa shape index (κ2) is 10.4. The van der Waals surface area contributed by atoms with Crippen LogP contribution in [0.15, 0.2) is 48.5 Å². The molecule has 0 saturated carbocycles. The van der Waals surface area contributed by atoms with Crippen molar-refractivity contribution >= 4 is 17.5 Å². The number of alkyl halides is 2. The number of amides is 1. The summed E-state index contributed by atoms with van der Waals surface area (Å²) in [5.74, 6) is -2.97. The average Bonchev–Trinajstić information content (AvgIpc) is 2.65. The lowest BCUT2D eigenvalue weighted by molar-refractivity contribution is -0.128. The van der Waals surface area contributed by atoms with E-state index in [9.17, 15) is 13.6 Å². The quantitative estimate of drug-likeness (QED) is 0.599. The summed E-state index contributed by atoms with van der Waals surface area (Å²) < 4.78 is 34.4. The predicted octanol–water partition coefficient (Wildman–Crippen LogP) is 4.12. The first-order valence-corrected chi connectivity index (χ1v) is 9.42. The van der Waals surface area contributed by atoms with Crippen LogP contribution >= 0.6 is 11.6 Å². The molecule has 7 heteroatoms. The average molecular weight is 411 g/mol. The minimum Gasteiger partial charge on any atom is -0.494 e. The highest BCUT2D eigenvalue weighted by molar-refractivity contribution is 6.30. The van der Waals surface area contributed by atoms with E-state index in [-0.39, 0.29) is 18.0 Å². The van der Waals surface area contributed by atoms with Crippen LogP contribution < -0.4 is 10.1 Å². The van der Waals surface area contributed by atoms with E-state index in [0.29, 0.717) is 17.4 Å². The molecule has 0 fully saturated rings. The molecule has 2 rings (SSSR count). The molecule has 4 nitrogen and oxygen atoms in total. The number of aryl methyl sites for hydroxylation is 1. The molecule has 152 valence electrons. The van der Waals surface area contributed by atoms with Gasteiger partial charge in [0.15, 0.2) is 0 Å². The van der Waals surface area contributed by atoms with Crippen LogP contribution in [-0.4, -0.2) is 44.6 Å². The first kappa shape index (κ1) is 22.1. The van der Waals surface area contributed by atoms with E-state index in [0.717, 1.165) is 18.4 Å². The molecule has 0 saturated heterocycles. The second-order valence-corrected chi connectivity index (χ2v) is 7.14. The molecule has 0 unspecified atom stereocenters. The Morgan fingerprint density at radius 1 is 1.18 bits per heavy atom. The van der Waals surface area contributed by atoms with Crippen molar-refractivity contribution in [3.63, 3.8) is 0 Å². The summed E-state index contributed by atoms with van der Waals surface area (Å²) in [6, 6.07) is 13.5. The third-order valence-corrected chi connectivity index (χ3v) is 4.38. The number of likely N-dealkylation sites (N-methyl/N-ethyl adjacent to an activating group) is 1. The highest BCUT2D eigenvalue weighted by Gasteiger charge is 2.31. The van der Waals surface area contributed by atoms with Crippen LogP contribution in [0.2, 0.25) is 5.02 Å². The number of nitrogens with zero attached hydrogens (tertiary/aromatic N) is 1. The molecule has 0 heterocycles. The topological polar surface area (TPSA) is 41.6 Å². The van der Waals surface area contributed by atoms with Gasteiger partial charge in [-0.15, -0.1) is 0 Å². The fourth-order valence-electron chi connectivity index (χ4n) is 2.56. The molecule has 2 aromatic carbocycles. The fourth-order valence-corrected chi connectivity index (χ4v) is 2.77. The van der Waals surface area contributed by atoms with Crippen LogP contribution in [0.5, 0.6) is 5.75 Å². The summed E-state index contributed by atoms with van der Waals surface area (Å²) in [7, 11) is 3.16. The summed E-state index contributed by atoms with van der Waals surface area (Å²) in [5, 5.41) is 3.20. The van der Waals surface area contributed by atoms with Gasteiger partial charge in [-0.2, -0.15) is 8.78 Å². The van der Waals surface area contributed by atoms with E-state index < -0.39 is 12.5 Å². The van der Waals surface area contributed by atoms with Gasteiger partial charge in [0.1, 0.15) is 5.75 Å². The van der Waals surface area contributed by atoms with Crippen LogP contribution in [0.4, 0.5) is 8.78 Å². The van der Waals surface area contributed by atoms with Crippen molar-refractivity contribution < 1.29 is 18.3 Å². The number of hydrogen-bond donors (Lipinski definition) is 1. The first-order chi connectivity index (χ1) is 13.3. The number of benzene rings is 2. The van der Waals surface area contributed by atoms with E-state index in [1.165, 1.54) is 17.0 Å². The van der Waals surface area contributed by atoms with Crippen molar-refractivity contribution in [3.05, 3.63) is 64.7 Å². The van der Waals surface area contributed by atoms with Crippen LogP contribution in [0.3, 0.4) is 0 Å². The zero-order chi connectivity index (χ0) is 20.6. The summed E-state index contributed by atoms with van der Waals surface area (Å²) in [6.45, 7) is -0.343. The Labute approximate surface area is 169 Å². The third-order valence-electron chi connectivity index (χ3n) is 4.15. The molecule has 0 aliphatic rings. The molecule has 0 radical (unpaired) electrons. The highest BCUT2D eigenvalue weighted by atomic mass is 35.5. The van der Waals surface area contributed by atoms with Gasteiger partial charge < -0.3 is 15.0 Å². The number of ether oxygens (including phenoxy) is 1. The molecule has 1 N–H and O–H groups in total. The van der Waals surface area contributed by atoms with Crippen molar-refractivity contribution in [2.24, 2.45) is 0 Å². The number of rotatable bonds is 10. The molecule has 1 amide bonds. The van der Waals surface area contributed by atoms with Crippen LogP contribution in [-0.2, 0) is 17.1 Å². The standard InChI is InChI=1S/C21H25ClF2N2O2/c1-26(2)20(27)14-25-15-21(23,24)17-8-4-10-19(13-17)28-11-5-7-16-6-3-9-18(22)12-16/h3-4,6,8-10,12-13,25H,5,7,11,14-15H2,1-2H3. The monoisotopic (exact) mass is 410 g/mol. The summed E-state index contributed by atoms with van der Waals surface area (Å²) in [5.41, 5.74) is 0.958. The molecule has 28 heavy (non-hydrogen) atoms. The van der Waals surface area contributed by atoms with Crippen molar-refractivity contribution in [1.82, 2.24) is 10.2 Å². The molecular weight excluding hydrogens is 386 g/mol.